The number of nitrogens with one attached hydrogen (secondary N) is 1. The summed E-state index contributed by atoms with van der Waals surface area (Å²) in [5.41, 5.74) is 0. The van der Waals surface area contributed by atoms with E-state index >= 15 is 0 Å². The lowest BCUT2D eigenvalue weighted by molar-refractivity contribution is -0.139. The Morgan fingerprint density at radius 2 is 1.96 bits per heavy atom. The first-order valence-electron chi connectivity index (χ1n) is 9.34. The van der Waals surface area contributed by atoms with Gasteiger partial charge in [0.25, 0.3) is 5.91 Å². The first-order valence-corrected chi connectivity index (χ1v) is 10.1. The Morgan fingerprint density at radius 3 is 2.63 bits per heavy atom. The predicted molar refractivity (Wildman–Crippen MR) is 103 cm³/mol. The van der Waals surface area contributed by atoms with Crippen molar-refractivity contribution in [3.05, 3.63) is 39.9 Å². The standard InChI is InChI=1S/C19H22Cl2N4O2/c1-11(27-16-5-4-14(20)10-15(16)21)19(26)25-8-6-13(7-9-25)18-22-17(23-24-18)12-2-3-12/h4-5,10-13H,2-3,6-9H2,1H3,(H,22,23,24)/t11-/m1/s1. The fourth-order valence-corrected chi connectivity index (χ4v) is 3.89. The first kappa shape index (κ1) is 18.6. The van der Waals surface area contributed by atoms with Crippen LogP contribution in [-0.4, -0.2) is 45.2 Å². The van der Waals surface area contributed by atoms with Crippen LogP contribution in [0, 0.1) is 0 Å². The van der Waals surface area contributed by atoms with E-state index in [1.165, 1.54) is 12.8 Å². The number of hydrogen-bond donors (Lipinski definition) is 1. The van der Waals surface area contributed by atoms with Gasteiger partial charge in [-0.3, -0.25) is 9.89 Å². The Hall–Kier alpha value is -1.79. The number of aromatic nitrogens is 3. The summed E-state index contributed by atoms with van der Waals surface area (Å²) in [4.78, 5) is 19.2. The lowest BCUT2D eigenvalue weighted by atomic mass is 9.96. The van der Waals surface area contributed by atoms with Gasteiger partial charge >= 0.3 is 0 Å². The molecule has 6 nitrogen and oxygen atoms in total. The second-order valence-electron chi connectivity index (χ2n) is 7.29. The summed E-state index contributed by atoms with van der Waals surface area (Å²) in [6.07, 6.45) is 3.53. The van der Waals surface area contributed by atoms with Gasteiger partial charge in [0.2, 0.25) is 0 Å². The largest absolute Gasteiger partial charge is 0.479 e. The maximum absolute atomic E-state index is 12.7. The van der Waals surface area contributed by atoms with Gasteiger partial charge in [0.05, 0.1) is 5.02 Å². The van der Waals surface area contributed by atoms with Crippen LogP contribution in [0.5, 0.6) is 5.75 Å². The van der Waals surface area contributed by atoms with Crippen LogP contribution in [-0.2, 0) is 4.79 Å². The van der Waals surface area contributed by atoms with E-state index < -0.39 is 6.10 Å². The predicted octanol–water partition coefficient (Wildman–Crippen LogP) is 4.16. The highest BCUT2D eigenvalue weighted by atomic mass is 35.5. The summed E-state index contributed by atoms with van der Waals surface area (Å²) in [7, 11) is 0. The number of halogens is 2. The molecule has 1 amide bonds. The number of benzene rings is 1. The number of hydrogen-bond acceptors (Lipinski definition) is 4. The fraction of sp³-hybridized carbons (Fsp3) is 0.526. The number of carbonyl (C=O) groups excluding carboxylic acids is 1. The quantitative estimate of drug-likeness (QED) is 0.805. The van der Waals surface area contributed by atoms with Gasteiger partial charge < -0.3 is 9.64 Å². The number of amides is 1. The number of likely N-dealkylation sites (tertiary alicyclic amines) is 1. The second kappa shape index (κ2) is 7.68. The molecule has 0 radical (unpaired) electrons. The Bertz CT molecular complexity index is 829. The molecule has 1 aromatic carbocycles. The van der Waals surface area contributed by atoms with E-state index in [4.69, 9.17) is 27.9 Å². The number of piperidine rings is 1. The molecule has 27 heavy (non-hydrogen) atoms. The van der Waals surface area contributed by atoms with Crippen LogP contribution in [0.2, 0.25) is 10.0 Å². The molecule has 2 aliphatic rings. The average Bonchev–Trinajstić information content (AvgIpc) is 3.40. The van der Waals surface area contributed by atoms with Gasteiger partial charge in [0, 0.05) is 29.9 Å². The number of carbonyl (C=O) groups is 1. The molecule has 1 N–H and O–H groups in total. The monoisotopic (exact) mass is 408 g/mol. The lowest BCUT2D eigenvalue weighted by Crippen LogP contribution is -2.44. The van der Waals surface area contributed by atoms with Crippen molar-refractivity contribution in [2.24, 2.45) is 0 Å². The van der Waals surface area contributed by atoms with Crippen molar-refractivity contribution < 1.29 is 9.53 Å². The zero-order chi connectivity index (χ0) is 19.0. The third-order valence-electron chi connectivity index (χ3n) is 5.20. The molecule has 4 rings (SSSR count). The summed E-state index contributed by atoms with van der Waals surface area (Å²) in [5.74, 6) is 3.22. The Balaban J connectivity index is 1.32. The van der Waals surface area contributed by atoms with Crippen molar-refractivity contribution in [1.82, 2.24) is 20.1 Å². The van der Waals surface area contributed by atoms with E-state index in [2.05, 4.69) is 15.2 Å². The number of aromatic amines is 1. The molecule has 1 aromatic heterocycles. The average molecular weight is 409 g/mol. The van der Waals surface area contributed by atoms with Crippen LogP contribution in [0.3, 0.4) is 0 Å². The molecule has 1 aliphatic heterocycles. The molecular formula is C19H22Cl2N4O2. The van der Waals surface area contributed by atoms with Crippen molar-refractivity contribution in [2.75, 3.05) is 13.1 Å². The Morgan fingerprint density at radius 1 is 1.22 bits per heavy atom. The van der Waals surface area contributed by atoms with Crippen LogP contribution in [0.15, 0.2) is 18.2 Å². The summed E-state index contributed by atoms with van der Waals surface area (Å²) < 4.78 is 5.75. The Labute approximate surface area is 168 Å². The highest BCUT2D eigenvalue weighted by Gasteiger charge is 2.32. The van der Waals surface area contributed by atoms with Crippen molar-refractivity contribution in [1.29, 1.82) is 0 Å². The molecule has 0 spiro atoms. The molecule has 144 valence electrons. The van der Waals surface area contributed by atoms with Crippen molar-refractivity contribution >= 4 is 29.1 Å². The summed E-state index contributed by atoms with van der Waals surface area (Å²) in [6, 6.07) is 4.98. The van der Waals surface area contributed by atoms with Crippen molar-refractivity contribution in [2.45, 2.75) is 50.5 Å². The molecule has 2 fully saturated rings. The summed E-state index contributed by atoms with van der Waals surface area (Å²) in [6.45, 7) is 3.12. The molecule has 1 saturated heterocycles. The van der Waals surface area contributed by atoms with E-state index in [0.717, 1.165) is 24.5 Å². The van der Waals surface area contributed by atoms with Gasteiger partial charge in [-0.1, -0.05) is 23.2 Å². The first-order chi connectivity index (χ1) is 13.0. The van der Waals surface area contributed by atoms with Gasteiger partial charge in [-0.15, -0.1) is 0 Å². The molecule has 1 saturated carbocycles. The zero-order valence-corrected chi connectivity index (χ0v) is 16.6. The van der Waals surface area contributed by atoms with E-state index in [9.17, 15) is 4.79 Å². The normalized spacial score (nSPS) is 19.1. The molecule has 2 heterocycles. The van der Waals surface area contributed by atoms with E-state index in [0.29, 0.717) is 40.7 Å². The SMILES string of the molecule is C[C@@H](Oc1ccc(Cl)cc1Cl)C(=O)N1CCC(c2nc(C3CC3)n[nH]2)CC1. The minimum Gasteiger partial charge on any atom is -0.479 e. The van der Waals surface area contributed by atoms with Gasteiger partial charge in [0.1, 0.15) is 11.6 Å². The third-order valence-corrected chi connectivity index (χ3v) is 5.73. The molecule has 1 aliphatic carbocycles. The number of nitrogens with zero attached hydrogens (tertiary/aromatic N) is 3. The van der Waals surface area contributed by atoms with Crippen LogP contribution in [0.4, 0.5) is 0 Å². The molecule has 8 heteroatoms. The van der Waals surface area contributed by atoms with Crippen LogP contribution in [0.1, 0.15) is 56.1 Å². The van der Waals surface area contributed by atoms with E-state index in [1.54, 1.807) is 25.1 Å². The summed E-state index contributed by atoms with van der Waals surface area (Å²) >= 11 is 12.0. The highest BCUT2D eigenvalue weighted by Crippen LogP contribution is 2.38. The topological polar surface area (TPSA) is 71.1 Å². The number of ether oxygens (including phenoxy) is 1. The maximum atomic E-state index is 12.7. The van der Waals surface area contributed by atoms with Gasteiger partial charge in [0.15, 0.2) is 11.9 Å². The lowest BCUT2D eigenvalue weighted by Gasteiger charge is -2.32. The number of H-pyrrole nitrogens is 1. The zero-order valence-electron chi connectivity index (χ0n) is 15.1. The van der Waals surface area contributed by atoms with Crippen LogP contribution < -0.4 is 4.74 Å². The molecule has 2 aromatic rings. The number of rotatable bonds is 5. The molecular weight excluding hydrogens is 387 g/mol. The van der Waals surface area contributed by atoms with Crippen LogP contribution in [0.25, 0.3) is 0 Å². The molecule has 0 unspecified atom stereocenters. The van der Waals surface area contributed by atoms with Crippen molar-refractivity contribution in [3.8, 4) is 5.75 Å². The minimum atomic E-state index is -0.605. The van der Waals surface area contributed by atoms with E-state index in [1.807, 2.05) is 4.90 Å². The maximum Gasteiger partial charge on any atom is 0.263 e. The second-order valence-corrected chi connectivity index (χ2v) is 8.13. The van der Waals surface area contributed by atoms with Crippen LogP contribution >= 0.6 is 23.2 Å². The third kappa shape index (κ3) is 4.22. The molecule has 0 bridgehead atoms. The fourth-order valence-electron chi connectivity index (χ4n) is 3.44. The highest BCUT2D eigenvalue weighted by molar-refractivity contribution is 6.35. The minimum absolute atomic E-state index is 0.0318. The van der Waals surface area contributed by atoms with E-state index in [-0.39, 0.29) is 5.91 Å². The summed E-state index contributed by atoms with van der Waals surface area (Å²) in [5, 5.41) is 8.36. The van der Waals surface area contributed by atoms with Gasteiger partial charge in [-0.25, -0.2) is 4.98 Å². The van der Waals surface area contributed by atoms with Gasteiger partial charge in [-0.2, -0.15) is 5.10 Å². The smallest absolute Gasteiger partial charge is 0.263 e. The van der Waals surface area contributed by atoms with Gasteiger partial charge in [-0.05, 0) is 50.8 Å². The molecule has 1 atom stereocenters. The Kier molecular flexibility index (Phi) is 5.28. The van der Waals surface area contributed by atoms with Crippen molar-refractivity contribution in [3.63, 3.8) is 0 Å².